The number of likely N-dealkylation sites (tertiary alicyclic amines) is 1. The number of aliphatic hydroxyl groups is 9. The lowest BCUT2D eigenvalue weighted by Gasteiger charge is -2.40. The summed E-state index contributed by atoms with van der Waals surface area (Å²) < 4.78 is 56.3. The fraction of sp³-hybridized carbons (Fsp3) is 0.900. The van der Waals surface area contributed by atoms with Crippen molar-refractivity contribution in [1.82, 2.24) is 20.9 Å². The van der Waals surface area contributed by atoms with Gasteiger partial charge in [-0.05, 0) is 141 Å². The SMILES string of the molecule is COC[C@H]1C[C@H](OC)CN1C(=O)CCCCC(=O)CCC(C)(C)SSCCC(=O)CC(CCCCC(=O)NCCCCCCCC(=O)CCCOC1OC(CO)C(O)C(O)C1C)(CCCOC(=O)CCCCCCCNC(=O)CCCOC1OC(CO)C(O)C(O)C1C)CCCOC(=O)CCCCCCCNC(=O)CCCOC1OC(CO)C(O)C(O)C1C. The third kappa shape index (κ3) is 46.1. The maximum atomic E-state index is 14.5. The summed E-state index contributed by atoms with van der Waals surface area (Å²) in [5, 5.41) is 98.7. The summed E-state index contributed by atoms with van der Waals surface area (Å²) in [4.78, 5) is 120. The number of nitrogens with zero attached hydrogens (tertiary/aromatic N) is 1. The molecule has 0 spiro atoms. The Hall–Kier alpha value is -4.15. The van der Waals surface area contributed by atoms with Crippen LogP contribution < -0.4 is 16.0 Å². The molecule has 4 fully saturated rings. The molecule has 0 aliphatic carbocycles. The molecule has 4 aliphatic heterocycles. The number of Topliss-reactive ketones (excluding diaryl/α,β-unsaturated/α-hetero) is 3. The highest BCUT2D eigenvalue weighted by Gasteiger charge is 2.46. The molecular formula is C90H160N4O28S2. The molecule has 34 heteroatoms. The number of rotatable bonds is 73. The van der Waals surface area contributed by atoms with Gasteiger partial charge >= 0.3 is 11.9 Å². The molecule has 4 saturated heterocycles. The summed E-state index contributed by atoms with van der Waals surface area (Å²) in [7, 11) is 6.54. The molecule has 0 bridgehead atoms. The van der Waals surface area contributed by atoms with Gasteiger partial charge < -0.3 is 114 Å². The predicted molar refractivity (Wildman–Crippen MR) is 469 cm³/mol. The fourth-order valence-electron chi connectivity index (χ4n) is 16.2. The normalized spacial score (nSPS) is 25.2. The Bertz CT molecular complexity index is 2740. The van der Waals surface area contributed by atoms with Crippen molar-refractivity contribution >= 4 is 74.5 Å². The third-order valence-electron chi connectivity index (χ3n) is 24.2. The molecule has 0 aromatic heterocycles. The molecule has 12 N–H and O–H groups in total. The first-order valence-electron chi connectivity index (χ1n) is 46.5. The quantitative estimate of drug-likeness (QED) is 0.0154. The number of ketones is 3. The van der Waals surface area contributed by atoms with Crippen molar-refractivity contribution in [1.29, 1.82) is 0 Å². The molecule has 32 nitrogen and oxygen atoms in total. The van der Waals surface area contributed by atoms with Crippen LogP contribution in [0.5, 0.6) is 0 Å². The number of amides is 4. The van der Waals surface area contributed by atoms with E-state index in [1.165, 1.54) is 0 Å². The van der Waals surface area contributed by atoms with Gasteiger partial charge in [-0.3, -0.25) is 43.2 Å². The zero-order chi connectivity index (χ0) is 91.1. The number of unbranched alkanes of at least 4 members (excludes halogenated alkanes) is 14. The van der Waals surface area contributed by atoms with Crippen LogP contribution in [0, 0.1) is 23.2 Å². The van der Waals surface area contributed by atoms with Gasteiger partial charge in [0.05, 0.1) is 89.9 Å². The first-order chi connectivity index (χ1) is 59.5. The maximum absolute atomic E-state index is 14.5. The zero-order valence-corrected chi connectivity index (χ0v) is 77.4. The summed E-state index contributed by atoms with van der Waals surface area (Å²) in [5.41, 5.74) is -0.575. The average Bonchev–Trinajstić information content (AvgIpc) is 1.17. The number of hydrogen-bond acceptors (Lipinski definition) is 30. The Morgan fingerprint density at radius 1 is 0.411 bits per heavy atom. The van der Waals surface area contributed by atoms with Crippen LogP contribution in [0.25, 0.3) is 0 Å². The van der Waals surface area contributed by atoms with E-state index in [1.54, 1.807) is 56.6 Å². The van der Waals surface area contributed by atoms with Gasteiger partial charge in [0, 0.05) is 146 Å². The van der Waals surface area contributed by atoms with Crippen LogP contribution in [0.3, 0.4) is 0 Å². The van der Waals surface area contributed by atoms with E-state index >= 15 is 0 Å². The Morgan fingerprint density at radius 3 is 1.22 bits per heavy atom. The zero-order valence-electron chi connectivity index (χ0n) is 75.8. The highest BCUT2D eigenvalue weighted by molar-refractivity contribution is 8.77. The molecule has 4 aliphatic rings. The van der Waals surface area contributed by atoms with E-state index in [0.717, 1.165) is 89.9 Å². The molecule has 0 aromatic rings. The standard InChI is InChI=1S/C90H160N4O28S2/c1-63-80(107)83(110)71(59-95)120-86(63)117-50-27-34-67(98)32-17-11-8-14-24-47-91-74(101)35-22-23-43-90(57-69(100)42-55-123-124-89(4,5)46-41-68(99)33-20-21-38-77(104)94-58-70(114-7)56-66(94)62-113-6,44-30-53-115-78(105)39-18-12-9-15-25-48-92-75(102)36-28-51-118-87-64(2)81(108)84(111)72(60-96)121-87)45-31-54-116-79(106)40-19-13-10-16-26-49-93-76(103)37-29-52-119-88-65(3)82(109)85(112)73(61-97)122-88/h63-66,70-73,80-88,95-97,107-112H,8-62H2,1-7H3,(H,91,101)(H,92,102)(H,93,103)/t63?,64?,65?,66-,70+,71?,72?,73?,80?,81?,82?,83?,84?,85?,86?,87?,88?,90?/m1/s1. The van der Waals surface area contributed by atoms with Crippen LogP contribution in [0.1, 0.15) is 298 Å². The smallest absolute Gasteiger partial charge is 0.305 e. The lowest BCUT2D eigenvalue weighted by molar-refractivity contribution is -0.282. The van der Waals surface area contributed by atoms with Gasteiger partial charge in [0.15, 0.2) is 18.9 Å². The van der Waals surface area contributed by atoms with Crippen molar-refractivity contribution in [3.8, 4) is 0 Å². The minimum atomic E-state index is -1.22. The molecular weight excluding hydrogens is 1650 g/mol. The largest absolute Gasteiger partial charge is 0.466 e. The van der Waals surface area contributed by atoms with E-state index in [4.69, 9.17) is 47.4 Å². The summed E-state index contributed by atoms with van der Waals surface area (Å²) in [6.45, 7) is 11.3. The number of methoxy groups -OCH3 is 2. The number of ether oxygens (including phenoxy) is 10. The highest BCUT2D eigenvalue weighted by atomic mass is 33.1. The van der Waals surface area contributed by atoms with Crippen LogP contribution in [-0.2, 0) is 90.5 Å². The van der Waals surface area contributed by atoms with Crippen molar-refractivity contribution in [3.63, 3.8) is 0 Å². The average molecular weight is 1810 g/mol. The Morgan fingerprint density at radius 2 is 0.782 bits per heavy atom. The van der Waals surface area contributed by atoms with Gasteiger partial charge in [0.25, 0.3) is 0 Å². The minimum Gasteiger partial charge on any atom is -0.466 e. The van der Waals surface area contributed by atoms with Gasteiger partial charge in [-0.15, -0.1) is 0 Å². The van der Waals surface area contributed by atoms with E-state index in [9.17, 15) is 89.1 Å². The van der Waals surface area contributed by atoms with Crippen LogP contribution in [-0.4, -0.2) is 300 Å². The Labute approximate surface area is 745 Å². The fourth-order valence-corrected chi connectivity index (χ4v) is 18.8. The molecule has 15 unspecified atom stereocenters. The molecule has 720 valence electrons. The summed E-state index contributed by atoms with van der Waals surface area (Å²) in [5.74, 6) is -1.56. The van der Waals surface area contributed by atoms with Crippen molar-refractivity contribution in [2.24, 2.45) is 23.2 Å². The summed E-state index contributed by atoms with van der Waals surface area (Å²) >= 11 is 0. The molecule has 0 aromatic carbocycles. The lowest BCUT2D eigenvalue weighted by Crippen LogP contribution is -2.55. The van der Waals surface area contributed by atoms with Gasteiger partial charge in [-0.2, -0.15) is 0 Å². The number of carbonyl (C=O) groups is 9. The Kier molecular flexibility index (Phi) is 59.2. The van der Waals surface area contributed by atoms with Gasteiger partial charge in [0.2, 0.25) is 23.6 Å². The van der Waals surface area contributed by atoms with Crippen molar-refractivity contribution in [3.05, 3.63) is 0 Å². The van der Waals surface area contributed by atoms with Gasteiger partial charge in [0.1, 0.15) is 54.0 Å². The number of nitrogens with one attached hydrogen (secondary N) is 3. The molecule has 17 atom stereocenters. The van der Waals surface area contributed by atoms with E-state index in [1.807, 2.05) is 4.90 Å². The van der Waals surface area contributed by atoms with Gasteiger partial charge in [-0.25, -0.2) is 0 Å². The third-order valence-corrected chi connectivity index (χ3v) is 27.6. The molecule has 4 heterocycles. The van der Waals surface area contributed by atoms with Crippen LogP contribution in [0.15, 0.2) is 0 Å². The van der Waals surface area contributed by atoms with E-state index in [-0.39, 0.29) is 141 Å². The van der Waals surface area contributed by atoms with Crippen molar-refractivity contribution in [2.75, 3.05) is 106 Å². The van der Waals surface area contributed by atoms with E-state index in [0.29, 0.717) is 173 Å². The first-order valence-corrected chi connectivity index (χ1v) is 48.8. The first kappa shape index (κ1) is 112. The van der Waals surface area contributed by atoms with Crippen molar-refractivity contribution < 1.29 is 136 Å². The molecule has 124 heavy (non-hydrogen) atoms. The second-order valence-electron chi connectivity index (χ2n) is 35.2. The minimum absolute atomic E-state index is 0.0182. The molecule has 0 saturated carbocycles. The number of carbonyl (C=O) groups excluding carboxylic acids is 9. The number of hydrogen-bond donors (Lipinski definition) is 12. The Balaban J connectivity index is 1.28. The highest BCUT2D eigenvalue weighted by Crippen LogP contribution is 2.43. The van der Waals surface area contributed by atoms with E-state index in [2.05, 4.69) is 29.8 Å². The number of aliphatic hydroxyl groups excluding tert-OH is 9. The molecule has 4 amide bonds. The monoisotopic (exact) mass is 1810 g/mol. The topological polar surface area (TPSA) is 467 Å². The van der Waals surface area contributed by atoms with Crippen LogP contribution in [0.2, 0.25) is 0 Å². The second kappa shape index (κ2) is 65.4. The maximum Gasteiger partial charge on any atom is 0.305 e. The van der Waals surface area contributed by atoms with Gasteiger partial charge in [-0.1, -0.05) is 107 Å². The second-order valence-corrected chi connectivity index (χ2v) is 38.4. The van der Waals surface area contributed by atoms with E-state index < -0.39 is 117 Å². The lowest BCUT2D eigenvalue weighted by atomic mass is 9.71. The number of esters is 2. The predicted octanol–water partition coefficient (Wildman–Crippen LogP) is 8.42. The van der Waals surface area contributed by atoms with Crippen LogP contribution in [0.4, 0.5) is 0 Å². The molecule has 4 rings (SSSR count). The van der Waals surface area contributed by atoms with Crippen molar-refractivity contribution in [2.45, 2.75) is 389 Å². The summed E-state index contributed by atoms with van der Waals surface area (Å²) in [6, 6.07) is -0.0208. The van der Waals surface area contributed by atoms with Crippen LogP contribution >= 0.6 is 21.6 Å². The summed E-state index contributed by atoms with van der Waals surface area (Å²) in [6.07, 6.45) is 11.1. The molecule has 0 radical (unpaired) electrons.